The average Bonchev–Trinajstić information content (AvgIpc) is 2.81. The van der Waals surface area contributed by atoms with Gasteiger partial charge in [0.1, 0.15) is 5.75 Å². The van der Waals surface area contributed by atoms with Crippen LogP contribution in [0, 0.1) is 0 Å². The largest absolute Gasteiger partial charge is 0.495 e. The Kier molecular flexibility index (Phi) is 8.32. The van der Waals surface area contributed by atoms with Gasteiger partial charge in [-0.15, -0.1) is 0 Å². The van der Waals surface area contributed by atoms with Gasteiger partial charge in [-0.05, 0) is 54.4 Å². The fraction of sp³-hybridized carbons (Fsp3) is 0.208. The molecule has 0 aliphatic carbocycles. The Bertz CT molecular complexity index is 1230. The van der Waals surface area contributed by atoms with Crippen molar-refractivity contribution < 1.29 is 22.7 Å². The van der Waals surface area contributed by atoms with E-state index >= 15 is 0 Å². The normalized spacial score (nSPS) is 11.1. The summed E-state index contributed by atoms with van der Waals surface area (Å²) in [4.78, 5) is 12.7. The second kappa shape index (κ2) is 11.2. The van der Waals surface area contributed by atoms with Crippen molar-refractivity contribution in [1.29, 1.82) is 0 Å². The number of benzene rings is 3. The van der Waals surface area contributed by atoms with Crippen molar-refractivity contribution in [3.05, 3.63) is 88.4 Å². The van der Waals surface area contributed by atoms with Gasteiger partial charge < -0.3 is 14.8 Å². The van der Waals surface area contributed by atoms with Crippen LogP contribution in [0.4, 0.5) is 5.69 Å². The average molecular weight is 489 g/mol. The van der Waals surface area contributed by atoms with Gasteiger partial charge in [-0.2, -0.15) is 0 Å². The van der Waals surface area contributed by atoms with Gasteiger partial charge in [-0.3, -0.25) is 9.52 Å². The van der Waals surface area contributed by atoms with Crippen LogP contribution in [-0.4, -0.2) is 28.0 Å². The highest BCUT2D eigenvalue weighted by molar-refractivity contribution is 7.92. The molecule has 0 unspecified atom stereocenters. The van der Waals surface area contributed by atoms with Gasteiger partial charge in [-0.1, -0.05) is 41.9 Å². The molecule has 3 rings (SSSR count). The number of carbonyl (C=O) groups is 1. The molecule has 1 amide bonds. The zero-order valence-electron chi connectivity index (χ0n) is 18.3. The van der Waals surface area contributed by atoms with Crippen molar-refractivity contribution in [3.8, 4) is 5.75 Å². The van der Waals surface area contributed by atoms with Crippen LogP contribution < -0.4 is 14.8 Å². The van der Waals surface area contributed by atoms with E-state index in [1.54, 1.807) is 18.2 Å². The molecule has 0 atom stereocenters. The number of carbonyl (C=O) groups excluding carboxylic acids is 1. The van der Waals surface area contributed by atoms with Crippen LogP contribution in [0.1, 0.15) is 28.4 Å². The summed E-state index contributed by atoms with van der Waals surface area (Å²) in [7, 11) is -2.56. The molecule has 3 aromatic carbocycles. The highest BCUT2D eigenvalue weighted by atomic mass is 35.5. The van der Waals surface area contributed by atoms with Gasteiger partial charge in [0, 0.05) is 23.7 Å². The summed E-state index contributed by atoms with van der Waals surface area (Å²) in [6.07, 6.45) is 0. The smallest absolute Gasteiger partial charge is 0.262 e. The molecule has 0 aliphatic heterocycles. The summed E-state index contributed by atoms with van der Waals surface area (Å²) < 4.78 is 39.0. The van der Waals surface area contributed by atoms with E-state index < -0.39 is 15.9 Å². The fourth-order valence-electron chi connectivity index (χ4n) is 3.13. The highest BCUT2D eigenvalue weighted by Gasteiger charge is 2.19. The molecule has 0 radical (unpaired) electrons. The second-order valence-corrected chi connectivity index (χ2v) is 9.19. The molecule has 3 aromatic rings. The highest BCUT2D eigenvalue weighted by Crippen LogP contribution is 2.30. The summed E-state index contributed by atoms with van der Waals surface area (Å²) in [5, 5.41) is 3.19. The number of methoxy groups -OCH3 is 1. The maximum Gasteiger partial charge on any atom is 0.262 e. The molecule has 0 bridgehead atoms. The minimum absolute atomic E-state index is 0.0612. The second-order valence-electron chi connectivity index (χ2n) is 7.07. The van der Waals surface area contributed by atoms with Gasteiger partial charge in [0.05, 0.1) is 24.3 Å². The summed E-state index contributed by atoms with van der Waals surface area (Å²) >= 11 is 5.99. The molecule has 0 aliphatic rings. The van der Waals surface area contributed by atoms with E-state index in [0.29, 0.717) is 24.0 Å². The molecule has 0 saturated carbocycles. The SMILES string of the molecule is CCOCc1ccccc1CNC(=O)c1cccc(S(=O)(=O)Nc2cc(Cl)ccc2OC)c1. The first kappa shape index (κ1) is 24.6. The van der Waals surface area contributed by atoms with Crippen molar-refractivity contribution in [3.63, 3.8) is 0 Å². The molecule has 0 fully saturated rings. The molecule has 2 N–H and O–H groups in total. The van der Waals surface area contributed by atoms with E-state index in [1.807, 2.05) is 31.2 Å². The maximum absolute atomic E-state index is 12.9. The number of ether oxygens (including phenoxy) is 2. The summed E-state index contributed by atoms with van der Waals surface area (Å²) in [5.74, 6) is -0.0683. The lowest BCUT2D eigenvalue weighted by atomic mass is 10.1. The lowest BCUT2D eigenvalue weighted by Crippen LogP contribution is -2.24. The van der Waals surface area contributed by atoms with E-state index in [2.05, 4.69) is 10.0 Å². The number of hydrogen-bond acceptors (Lipinski definition) is 5. The fourth-order valence-corrected chi connectivity index (χ4v) is 4.41. The molecular weight excluding hydrogens is 464 g/mol. The molecule has 0 spiro atoms. The van der Waals surface area contributed by atoms with Crippen LogP contribution in [0.5, 0.6) is 5.75 Å². The number of nitrogens with one attached hydrogen (secondary N) is 2. The van der Waals surface area contributed by atoms with Crippen molar-refractivity contribution in [2.24, 2.45) is 0 Å². The standard InChI is InChI=1S/C24H25ClN2O5S/c1-3-32-16-19-8-5-4-7-18(19)15-26-24(28)17-9-6-10-21(13-17)33(29,30)27-22-14-20(25)11-12-23(22)31-2/h4-14,27H,3,15-16H2,1-2H3,(H,26,28). The molecule has 9 heteroatoms. The first-order valence-corrected chi connectivity index (χ1v) is 12.1. The van der Waals surface area contributed by atoms with Gasteiger partial charge in [0.25, 0.3) is 15.9 Å². The lowest BCUT2D eigenvalue weighted by molar-refractivity contribution is 0.0949. The molecule has 0 saturated heterocycles. The number of anilines is 1. The number of amides is 1. The quantitative estimate of drug-likeness (QED) is 0.434. The first-order valence-electron chi connectivity index (χ1n) is 10.2. The van der Waals surface area contributed by atoms with Gasteiger partial charge in [0.15, 0.2) is 0 Å². The van der Waals surface area contributed by atoms with Crippen molar-refractivity contribution in [2.45, 2.75) is 25.0 Å². The molecule has 0 aromatic heterocycles. The van der Waals surface area contributed by atoms with Gasteiger partial charge >= 0.3 is 0 Å². The number of sulfonamides is 1. The predicted octanol–water partition coefficient (Wildman–Crippen LogP) is 4.62. The number of halogens is 1. The first-order chi connectivity index (χ1) is 15.8. The summed E-state index contributed by atoms with van der Waals surface area (Å²) in [6, 6.07) is 18.1. The van der Waals surface area contributed by atoms with E-state index in [0.717, 1.165) is 11.1 Å². The molecule has 33 heavy (non-hydrogen) atoms. The van der Waals surface area contributed by atoms with Crippen LogP contribution in [0.3, 0.4) is 0 Å². The van der Waals surface area contributed by atoms with Gasteiger partial charge in [0.2, 0.25) is 0 Å². The van der Waals surface area contributed by atoms with Crippen LogP contribution in [-0.2, 0) is 27.9 Å². The van der Waals surface area contributed by atoms with E-state index in [4.69, 9.17) is 21.1 Å². The molecule has 7 nitrogen and oxygen atoms in total. The van der Waals surface area contributed by atoms with E-state index in [1.165, 1.54) is 31.4 Å². The number of hydrogen-bond donors (Lipinski definition) is 2. The third-order valence-electron chi connectivity index (χ3n) is 4.83. The lowest BCUT2D eigenvalue weighted by Gasteiger charge is -2.13. The van der Waals surface area contributed by atoms with Crippen LogP contribution in [0.25, 0.3) is 0 Å². The third kappa shape index (κ3) is 6.47. The Morgan fingerprint density at radius 1 is 1.00 bits per heavy atom. The Morgan fingerprint density at radius 3 is 2.48 bits per heavy atom. The Balaban J connectivity index is 1.75. The molecule has 0 heterocycles. The van der Waals surface area contributed by atoms with E-state index in [-0.39, 0.29) is 22.7 Å². The Labute approximate surface area is 198 Å². The Morgan fingerprint density at radius 2 is 1.76 bits per heavy atom. The van der Waals surface area contributed by atoms with Crippen molar-refractivity contribution in [1.82, 2.24) is 5.32 Å². The van der Waals surface area contributed by atoms with E-state index in [9.17, 15) is 13.2 Å². The molecular formula is C24H25ClN2O5S. The molecule has 174 valence electrons. The Hall–Kier alpha value is -3.07. The summed E-state index contributed by atoms with van der Waals surface area (Å²) in [5.41, 5.74) is 2.33. The van der Waals surface area contributed by atoms with Crippen molar-refractivity contribution >= 4 is 33.2 Å². The zero-order chi connectivity index (χ0) is 23.8. The minimum Gasteiger partial charge on any atom is -0.495 e. The monoisotopic (exact) mass is 488 g/mol. The maximum atomic E-state index is 12.9. The predicted molar refractivity (Wildman–Crippen MR) is 128 cm³/mol. The zero-order valence-corrected chi connectivity index (χ0v) is 19.9. The van der Waals surface area contributed by atoms with Gasteiger partial charge in [-0.25, -0.2) is 8.42 Å². The van der Waals surface area contributed by atoms with Crippen LogP contribution in [0.2, 0.25) is 5.02 Å². The minimum atomic E-state index is -3.99. The van der Waals surface area contributed by atoms with Crippen LogP contribution >= 0.6 is 11.6 Å². The third-order valence-corrected chi connectivity index (χ3v) is 6.43. The summed E-state index contributed by atoms with van der Waals surface area (Å²) in [6.45, 7) is 3.26. The van der Waals surface area contributed by atoms with Crippen LogP contribution in [0.15, 0.2) is 71.6 Å². The topological polar surface area (TPSA) is 93.7 Å². The number of rotatable bonds is 10. The van der Waals surface area contributed by atoms with Crippen molar-refractivity contribution in [2.75, 3.05) is 18.4 Å².